The van der Waals surface area contributed by atoms with E-state index in [0.29, 0.717) is 19.1 Å². The molecule has 23 heavy (non-hydrogen) atoms. The van der Waals surface area contributed by atoms with Crippen molar-refractivity contribution in [3.8, 4) is 0 Å². The first kappa shape index (κ1) is 18.2. The number of carbonyl (C=O) groups is 2. The smallest absolute Gasteiger partial charge is 0.247 e. The minimum absolute atomic E-state index is 0. The number of hydrogen-bond donors (Lipinski definition) is 1. The summed E-state index contributed by atoms with van der Waals surface area (Å²) in [7, 11) is 0. The number of nitrogens with two attached hydrogens (primary N) is 1. The minimum Gasteiger partial charge on any atom is -0.336 e. The molecule has 2 fully saturated rings. The number of rotatable bonds is 3. The lowest BCUT2D eigenvalue weighted by Gasteiger charge is -2.38. The molecule has 1 aromatic carbocycles. The van der Waals surface area contributed by atoms with E-state index in [1.54, 1.807) is 11.8 Å². The molecule has 126 valence electrons. The van der Waals surface area contributed by atoms with E-state index in [-0.39, 0.29) is 30.8 Å². The standard InChI is InChI=1S/C16H20BrN3O2.ClH/c1-16(18,11-2-4-12(17)5-3-11)15(22)19-8-9-20(13-6-7-13)14(21)10-19;/h2-5,13H,6-10,18H2,1H3;1H. The van der Waals surface area contributed by atoms with E-state index >= 15 is 0 Å². The summed E-state index contributed by atoms with van der Waals surface area (Å²) in [4.78, 5) is 28.4. The predicted molar refractivity (Wildman–Crippen MR) is 94.2 cm³/mol. The van der Waals surface area contributed by atoms with E-state index < -0.39 is 5.54 Å². The van der Waals surface area contributed by atoms with Crippen molar-refractivity contribution >= 4 is 40.2 Å². The maximum atomic E-state index is 12.8. The van der Waals surface area contributed by atoms with Crippen molar-refractivity contribution in [1.82, 2.24) is 9.80 Å². The first-order valence-corrected chi connectivity index (χ1v) is 8.32. The number of piperazine rings is 1. The van der Waals surface area contributed by atoms with Crippen LogP contribution in [0.5, 0.6) is 0 Å². The van der Waals surface area contributed by atoms with Gasteiger partial charge in [-0.2, -0.15) is 0 Å². The van der Waals surface area contributed by atoms with E-state index in [9.17, 15) is 9.59 Å². The number of carbonyl (C=O) groups excluding carboxylic acids is 2. The Morgan fingerprint density at radius 3 is 2.39 bits per heavy atom. The molecule has 1 aliphatic carbocycles. The Balaban J connectivity index is 0.00000192. The van der Waals surface area contributed by atoms with Gasteiger partial charge in [-0.15, -0.1) is 12.4 Å². The van der Waals surface area contributed by atoms with Gasteiger partial charge in [-0.05, 0) is 37.5 Å². The topological polar surface area (TPSA) is 66.6 Å². The van der Waals surface area contributed by atoms with Crippen LogP contribution < -0.4 is 5.73 Å². The second-order valence-electron chi connectivity index (χ2n) is 6.25. The Hall–Kier alpha value is -1.11. The fourth-order valence-corrected chi connectivity index (χ4v) is 3.14. The molecule has 1 atom stereocenters. The second kappa shape index (κ2) is 6.79. The van der Waals surface area contributed by atoms with Crippen LogP contribution in [0.25, 0.3) is 0 Å². The number of halogens is 2. The van der Waals surface area contributed by atoms with Gasteiger partial charge < -0.3 is 15.5 Å². The van der Waals surface area contributed by atoms with Crippen LogP contribution in [0.4, 0.5) is 0 Å². The Bertz CT molecular complexity index is 602. The maximum Gasteiger partial charge on any atom is 0.247 e. The van der Waals surface area contributed by atoms with Gasteiger partial charge in [0.25, 0.3) is 0 Å². The molecule has 5 nitrogen and oxygen atoms in total. The highest BCUT2D eigenvalue weighted by Gasteiger charge is 2.41. The molecule has 1 aromatic rings. The molecule has 7 heteroatoms. The molecule has 3 rings (SSSR count). The first-order chi connectivity index (χ1) is 10.4. The van der Waals surface area contributed by atoms with Crippen LogP contribution in [0.2, 0.25) is 0 Å². The average Bonchev–Trinajstić information content (AvgIpc) is 3.31. The van der Waals surface area contributed by atoms with E-state index in [2.05, 4.69) is 15.9 Å². The third-order valence-corrected chi connectivity index (χ3v) is 4.95. The molecule has 0 aromatic heterocycles. The van der Waals surface area contributed by atoms with E-state index in [0.717, 1.165) is 22.9 Å². The molecule has 0 spiro atoms. The van der Waals surface area contributed by atoms with Crippen LogP contribution in [-0.2, 0) is 15.1 Å². The summed E-state index contributed by atoms with van der Waals surface area (Å²) in [6, 6.07) is 7.81. The van der Waals surface area contributed by atoms with Gasteiger partial charge in [0.05, 0.1) is 6.54 Å². The van der Waals surface area contributed by atoms with Crippen molar-refractivity contribution in [2.24, 2.45) is 5.73 Å². The number of hydrogen-bond acceptors (Lipinski definition) is 3. The highest BCUT2D eigenvalue weighted by Crippen LogP contribution is 2.29. The summed E-state index contributed by atoms with van der Waals surface area (Å²) < 4.78 is 0.938. The zero-order valence-corrected chi connectivity index (χ0v) is 15.4. The van der Waals surface area contributed by atoms with Gasteiger partial charge in [-0.1, -0.05) is 28.1 Å². The third kappa shape index (κ3) is 3.70. The quantitative estimate of drug-likeness (QED) is 0.839. The lowest BCUT2D eigenvalue weighted by atomic mass is 9.91. The van der Waals surface area contributed by atoms with Crippen molar-refractivity contribution in [2.45, 2.75) is 31.3 Å². The number of benzene rings is 1. The minimum atomic E-state index is -1.12. The van der Waals surface area contributed by atoms with E-state index in [1.807, 2.05) is 29.2 Å². The summed E-state index contributed by atoms with van der Waals surface area (Å²) in [5.41, 5.74) is 5.91. The monoisotopic (exact) mass is 401 g/mol. The van der Waals surface area contributed by atoms with Gasteiger partial charge in [0.2, 0.25) is 11.8 Å². The van der Waals surface area contributed by atoms with Gasteiger partial charge >= 0.3 is 0 Å². The molecule has 2 amide bonds. The number of nitrogens with zero attached hydrogens (tertiary/aromatic N) is 2. The van der Waals surface area contributed by atoms with Gasteiger partial charge in [-0.3, -0.25) is 9.59 Å². The molecule has 0 bridgehead atoms. The molecule has 1 saturated carbocycles. The Labute approximate surface area is 150 Å². The summed E-state index contributed by atoms with van der Waals surface area (Å²) in [5.74, 6) is -0.160. The lowest BCUT2D eigenvalue weighted by molar-refractivity contribution is -0.148. The first-order valence-electron chi connectivity index (χ1n) is 7.53. The van der Waals surface area contributed by atoms with Gasteiger partial charge in [0, 0.05) is 23.6 Å². The second-order valence-corrected chi connectivity index (χ2v) is 7.17. The Kier molecular flexibility index (Phi) is 5.38. The zero-order chi connectivity index (χ0) is 15.9. The van der Waals surface area contributed by atoms with Gasteiger partial charge in [0.1, 0.15) is 5.54 Å². The van der Waals surface area contributed by atoms with E-state index in [1.165, 1.54) is 0 Å². The molecule has 2 aliphatic rings. The summed E-state index contributed by atoms with van der Waals surface area (Å²) in [5, 5.41) is 0. The molecule has 1 aliphatic heterocycles. The molecule has 1 heterocycles. The molecule has 1 saturated heterocycles. The van der Waals surface area contributed by atoms with Crippen LogP contribution in [0.15, 0.2) is 28.7 Å². The van der Waals surface area contributed by atoms with Crippen molar-refractivity contribution < 1.29 is 9.59 Å². The zero-order valence-electron chi connectivity index (χ0n) is 13.0. The Morgan fingerprint density at radius 2 is 1.87 bits per heavy atom. The van der Waals surface area contributed by atoms with Crippen molar-refractivity contribution in [3.63, 3.8) is 0 Å². The molecule has 1 unspecified atom stereocenters. The molecular weight excluding hydrogens is 382 g/mol. The highest BCUT2D eigenvalue weighted by atomic mass is 79.9. The van der Waals surface area contributed by atoms with Crippen LogP contribution in [-0.4, -0.2) is 47.3 Å². The largest absolute Gasteiger partial charge is 0.336 e. The lowest BCUT2D eigenvalue weighted by Crippen LogP contribution is -2.58. The average molecular weight is 403 g/mol. The van der Waals surface area contributed by atoms with Crippen LogP contribution in [0.3, 0.4) is 0 Å². The summed E-state index contributed by atoms with van der Waals surface area (Å²) >= 11 is 3.37. The van der Waals surface area contributed by atoms with Gasteiger partial charge in [0.15, 0.2) is 0 Å². The maximum absolute atomic E-state index is 12.8. The van der Waals surface area contributed by atoms with Crippen molar-refractivity contribution in [3.05, 3.63) is 34.3 Å². The molecule has 0 radical (unpaired) electrons. The SMILES string of the molecule is CC(N)(C(=O)N1CCN(C2CC2)C(=O)C1)c1ccc(Br)cc1.Cl. The van der Waals surface area contributed by atoms with Crippen LogP contribution >= 0.6 is 28.3 Å². The normalized spacial score (nSPS) is 20.7. The van der Waals surface area contributed by atoms with Crippen LogP contribution in [0.1, 0.15) is 25.3 Å². The van der Waals surface area contributed by atoms with Crippen molar-refractivity contribution in [2.75, 3.05) is 19.6 Å². The van der Waals surface area contributed by atoms with Crippen molar-refractivity contribution in [1.29, 1.82) is 0 Å². The van der Waals surface area contributed by atoms with Crippen LogP contribution in [0, 0.1) is 0 Å². The predicted octanol–water partition coefficient (Wildman–Crippen LogP) is 1.88. The summed E-state index contributed by atoms with van der Waals surface area (Å²) in [6.07, 6.45) is 2.18. The summed E-state index contributed by atoms with van der Waals surface area (Å²) in [6.45, 7) is 3.02. The fourth-order valence-electron chi connectivity index (χ4n) is 2.88. The number of amides is 2. The fraction of sp³-hybridized carbons (Fsp3) is 0.500. The van der Waals surface area contributed by atoms with E-state index in [4.69, 9.17) is 5.73 Å². The molecule has 2 N–H and O–H groups in total. The third-order valence-electron chi connectivity index (χ3n) is 4.42. The van der Waals surface area contributed by atoms with Gasteiger partial charge in [-0.25, -0.2) is 0 Å². The highest BCUT2D eigenvalue weighted by molar-refractivity contribution is 9.10. The Morgan fingerprint density at radius 1 is 1.26 bits per heavy atom. The molecular formula is C16H21BrClN3O2.